The zero-order valence-corrected chi connectivity index (χ0v) is 19.4. The van der Waals surface area contributed by atoms with E-state index in [2.05, 4.69) is 11.4 Å². The predicted molar refractivity (Wildman–Crippen MR) is 125 cm³/mol. The summed E-state index contributed by atoms with van der Waals surface area (Å²) in [7, 11) is 0. The van der Waals surface area contributed by atoms with Gasteiger partial charge in [0, 0.05) is 13.0 Å². The molecule has 0 spiro atoms. The molecule has 6 heteroatoms. The SMILES string of the molecule is Cc1cc(C)c(C)c(OC2=COC3CC(OCC(=O)NCc4ccccc4)CCC3C2=O)c1. The number of hydrogen-bond acceptors (Lipinski definition) is 5. The number of amides is 1. The van der Waals surface area contributed by atoms with Crippen LogP contribution in [0.4, 0.5) is 0 Å². The maximum absolute atomic E-state index is 13.1. The van der Waals surface area contributed by atoms with E-state index in [-0.39, 0.29) is 42.2 Å². The van der Waals surface area contributed by atoms with Crippen LogP contribution in [0.3, 0.4) is 0 Å². The third kappa shape index (κ3) is 5.63. The Morgan fingerprint density at radius 1 is 1.12 bits per heavy atom. The summed E-state index contributed by atoms with van der Waals surface area (Å²) in [5, 5.41) is 2.87. The molecule has 2 aromatic carbocycles. The van der Waals surface area contributed by atoms with E-state index in [1.165, 1.54) is 6.26 Å². The van der Waals surface area contributed by atoms with E-state index >= 15 is 0 Å². The third-order valence-electron chi connectivity index (χ3n) is 6.44. The second-order valence-corrected chi connectivity index (χ2v) is 8.94. The third-order valence-corrected chi connectivity index (χ3v) is 6.44. The van der Waals surface area contributed by atoms with Crippen molar-refractivity contribution in [1.29, 1.82) is 0 Å². The monoisotopic (exact) mass is 449 g/mol. The standard InChI is InChI=1S/C27H31NO5/c1-17-11-18(2)19(3)23(12-17)33-25-15-32-24-13-21(9-10-22(24)27(25)30)31-16-26(29)28-14-20-7-5-4-6-8-20/h4-8,11-12,15,21-22,24H,9-10,13-14,16H2,1-3H3,(H,28,29). The second-order valence-electron chi connectivity index (χ2n) is 8.94. The number of nitrogens with one attached hydrogen (secondary N) is 1. The number of allylic oxidation sites excluding steroid dienone is 1. The minimum atomic E-state index is -0.253. The van der Waals surface area contributed by atoms with Gasteiger partial charge < -0.3 is 19.5 Å². The molecule has 3 unspecified atom stereocenters. The smallest absolute Gasteiger partial charge is 0.246 e. The molecule has 1 saturated carbocycles. The van der Waals surface area contributed by atoms with E-state index in [1.54, 1.807) is 0 Å². The number of carbonyl (C=O) groups excluding carboxylic acids is 2. The van der Waals surface area contributed by atoms with E-state index in [9.17, 15) is 9.59 Å². The number of benzene rings is 2. The summed E-state index contributed by atoms with van der Waals surface area (Å²) in [4.78, 5) is 25.2. The number of ketones is 1. The van der Waals surface area contributed by atoms with Gasteiger partial charge in [0.05, 0.1) is 12.0 Å². The van der Waals surface area contributed by atoms with Crippen LogP contribution < -0.4 is 10.1 Å². The number of rotatable bonds is 7. The average Bonchev–Trinajstić information content (AvgIpc) is 2.82. The lowest BCUT2D eigenvalue weighted by Crippen LogP contribution is -2.43. The highest BCUT2D eigenvalue weighted by atomic mass is 16.5. The highest BCUT2D eigenvalue weighted by Gasteiger charge is 2.41. The van der Waals surface area contributed by atoms with Gasteiger partial charge in [0.15, 0.2) is 0 Å². The van der Waals surface area contributed by atoms with E-state index in [1.807, 2.05) is 57.2 Å². The van der Waals surface area contributed by atoms with E-state index in [0.29, 0.717) is 31.6 Å². The molecular formula is C27H31NO5. The molecule has 6 nitrogen and oxygen atoms in total. The summed E-state index contributed by atoms with van der Waals surface area (Å²) in [5.74, 6) is 0.518. The Kier molecular flexibility index (Phi) is 7.14. The molecule has 174 valence electrons. The first-order valence-corrected chi connectivity index (χ1v) is 11.5. The Labute approximate surface area is 194 Å². The predicted octanol–water partition coefficient (Wildman–Crippen LogP) is 4.30. The molecule has 0 radical (unpaired) electrons. The lowest BCUT2D eigenvalue weighted by Gasteiger charge is -2.37. The van der Waals surface area contributed by atoms with Crippen molar-refractivity contribution < 1.29 is 23.8 Å². The van der Waals surface area contributed by atoms with Gasteiger partial charge in [-0.1, -0.05) is 36.4 Å². The van der Waals surface area contributed by atoms with Gasteiger partial charge in [-0.15, -0.1) is 0 Å². The zero-order valence-electron chi connectivity index (χ0n) is 19.4. The van der Waals surface area contributed by atoms with Crippen LogP contribution >= 0.6 is 0 Å². The van der Waals surface area contributed by atoms with Gasteiger partial charge in [-0.3, -0.25) is 9.59 Å². The van der Waals surface area contributed by atoms with Crippen molar-refractivity contribution in [1.82, 2.24) is 5.32 Å². The molecule has 1 aliphatic carbocycles. The van der Waals surface area contributed by atoms with Gasteiger partial charge >= 0.3 is 0 Å². The fourth-order valence-corrected chi connectivity index (χ4v) is 4.42. The van der Waals surface area contributed by atoms with Crippen molar-refractivity contribution in [3.63, 3.8) is 0 Å². The van der Waals surface area contributed by atoms with Crippen molar-refractivity contribution >= 4 is 11.7 Å². The minimum Gasteiger partial charge on any atom is -0.493 e. The van der Waals surface area contributed by atoms with E-state index in [0.717, 1.165) is 22.3 Å². The molecule has 0 saturated heterocycles. The minimum absolute atomic E-state index is 0.000972. The maximum Gasteiger partial charge on any atom is 0.246 e. The Morgan fingerprint density at radius 2 is 1.91 bits per heavy atom. The first-order chi connectivity index (χ1) is 15.9. The van der Waals surface area contributed by atoms with Gasteiger partial charge in [-0.25, -0.2) is 0 Å². The number of aryl methyl sites for hydroxylation is 2. The molecular weight excluding hydrogens is 418 g/mol. The molecule has 33 heavy (non-hydrogen) atoms. The Bertz CT molecular complexity index is 1050. The number of fused-ring (bicyclic) bond motifs is 1. The molecule has 2 aliphatic rings. The van der Waals surface area contributed by atoms with Crippen LogP contribution in [0.2, 0.25) is 0 Å². The van der Waals surface area contributed by atoms with Gasteiger partial charge in [0.2, 0.25) is 17.4 Å². The van der Waals surface area contributed by atoms with Crippen LogP contribution in [-0.2, 0) is 25.6 Å². The first-order valence-electron chi connectivity index (χ1n) is 11.5. The van der Waals surface area contributed by atoms with E-state index in [4.69, 9.17) is 14.2 Å². The number of ether oxygens (including phenoxy) is 3. The summed E-state index contributed by atoms with van der Waals surface area (Å²) in [6.45, 7) is 6.50. The lowest BCUT2D eigenvalue weighted by atomic mass is 9.80. The molecule has 1 amide bonds. The zero-order chi connectivity index (χ0) is 23.4. The van der Waals surface area contributed by atoms with Crippen LogP contribution in [0.1, 0.15) is 41.5 Å². The van der Waals surface area contributed by atoms with Crippen LogP contribution in [-0.4, -0.2) is 30.5 Å². The fourth-order valence-electron chi connectivity index (χ4n) is 4.42. The highest BCUT2D eigenvalue weighted by Crippen LogP contribution is 2.36. The molecule has 4 rings (SSSR count). The molecule has 1 N–H and O–H groups in total. The molecule has 0 bridgehead atoms. The van der Waals surface area contributed by atoms with Crippen LogP contribution in [0.15, 0.2) is 54.5 Å². The summed E-state index contributed by atoms with van der Waals surface area (Å²) in [6, 6.07) is 13.8. The van der Waals surface area contributed by atoms with Crippen LogP contribution in [0, 0.1) is 26.7 Å². The summed E-state index contributed by atoms with van der Waals surface area (Å²) >= 11 is 0. The van der Waals surface area contributed by atoms with Gasteiger partial charge in [0.25, 0.3) is 0 Å². The molecule has 2 aromatic rings. The molecule has 0 aromatic heterocycles. The highest BCUT2D eigenvalue weighted by molar-refractivity contribution is 5.96. The number of hydrogen-bond donors (Lipinski definition) is 1. The van der Waals surface area contributed by atoms with Gasteiger partial charge in [-0.05, 0) is 61.9 Å². The summed E-state index contributed by atoms with van der Waals surface area (Å²) in [5.41, 5.74) is 4.26. The quantitative estimate of drug-likeness (QED) is 0.682. The molecule has 3 atom stereocenters. The second kappa shape index (κ2) is 10.2. The number of carbonyl (C=O) groups is 2. The molecule has 1 heterocycles. The summed E-state index contributed by atoms with van der Waals surface area (Å²) in [6.07, 6.45) is 3.00. The van der Waals surface area contributed by atoms with Crippen molar-refractivity contribution in [3.05, 3.63) is 76.7 Å². The molecule has 1 fully saturated rings. The molecule has 1 aliphatic heterocycles. The van der Waals surface area contributed by atoms with E-state index < -0.39 is 0 Å². The van der Waals surface area contributed by atoms with Crippen molar-refractivity contribution in [3.8, 4) is 5.75 Å². The first kappa shape index (κ1) is 23.1. The van der Waals surface area contributed by atoms with Gasteiger partial charge in [0.1, 0.15) is 24.7 Å². The topological polar surface area (TPSA) is 73.9 Å². The van der Waals surface area contributed by atoms with Crippen LogP contribution in [0.25, 0.3) is 0 Å². The van der Waals surface area contributed by atoms with Crippen molar-refractivity contribution in [2.45, 2.75) is 58.8 Å². The normalized spacial score (nSPS) is 22.1. The van der Waals surface area contributed by atoms with Crippen molar-refractivity contribution in [2.75, 3.05) is 6.61 Å². The fraction of sp³-hybridized carbons (Fsp3) is 0.407. The maximum atomic E-state index is 13.1. The van der Waals surface area contributed by atoms with Gasteiger partial charge in [-0.2, -0.15) is 0 Å². The summed E-state index contributed by atoms with van der Waals surface area (Å²) < 4.78 is 17.7. The van der Waals surface area contributed by atoms with Crippen molar-refractivity contribution in [2.24, 2.45) is 5.92 Å². The Hall–Kier alpha value is -3.12. The Morgan fingerprint density at radius 3 is 2.70 bits per heavy atom. The largest absolute Gasteiger partial charge is 0.493 e. The lowest BCUT2D eigenvalue weighted by molar-refractivity contribution is -0.138. The number of Topliss-reactive ketones (excluding diaryl/α,β-unsaturated/α-hetero) is 1. The Balaban J connectivity index is 1.28. The average molecular weight is 450 g/mol. The van der Waals surface area contributed by atoms with Crippen LogP contribution in [0.5, 0.6) is 5.75 Å².